The Hall–Kier alpha value is -2.36. The second kappa shape index (κ2) is 5.69. The fourth-order valence-corrected chi connectivity index (χ4v) is 3.26. The second-order valence-corrected chi connectivity index (χ2v) is 6.35. The molecular formula is C19H22N2O2. The summed E-state index contributed by atoms with van der Waals surface area (Å²) in [5.41, 5.74) is 2.29. The quantitative estimate of drug-likeness (QED) is 0.856. The van der Waals surface area contributed by atoms with E-state index in [9.17, 15) is 9.59 Å². The molecule has 3 rings (SSSR count). The zero-order valence-electron chi connectivity index (χ0n) is 14.0. The summed E-state index contributed by atoms with van der Waals surface area (Å²) >= 11 is 0. The van der Waals surface area contributed by atoms with Crippen LogP contribution in [-0.4, -0.2) is 40.7 Å². The molecule has 1 aliphatic rings. The van der Waals surface area contributed by atoms with Crippen LogP contribution in [0.25, 0.3) is 10.8 Å². The number of hydrogen-bond acceptors (Lipinski definition) is 2. The van der Waals surface area contributed by atoms with Crippen molar-refractivity contribution in [3.63, 3.8) is 0 Å². The van der Waals surface area contributed by atoms with E-state index in [1.54, 1.807) is 25.8 Å². The Morgan fingerprint density at radius 3 is 2.26 bits per heavy atom. The van der Waals surface area contributed by atoms with Gasteiger partial charge in [0.15, 0.2) is 0 Å². The minimum Gasteiger partial charge on any atom is -0.332 e. The van der Waals surface area contributed by atoms with Gasteiger partial charge in [0.1, 0.15) is 12.1 Å². The number of benzene rings is 2. The maximum Gasteiger partial charge on any atom is 0.246 e. The zero-order valence-corrected chi connectivity index (χ0v) is 14.0. The fourth-order valence-electron chi connectivity index (χ4n) is 3.26. The molecule has 4 heteroatoms. The highest BCUT2D eigenvalue weighted by Crippen LogP contribution is 2.26. The van der Waals surface area contributed by atoms with E-state index in [0.717, 1.165) is 10.9 Å². The normalized spacial score (nSPS) is 22.1. The monoisotopic (exact) mass is 310 g/mol. The molecular weight excluding hydrogens is 288 g/mol. The van der Waals surface area contributed by atoms with Crippen LogP contribution in [0, 0.1) is 6.92 Å². The fraction of sp³-hybridized carbons (Fsp3) is 0.368. The lowest BCUT2D eigenvalue weighted by Crippen LogP contribution is -2.61. The Labute approximate surface area is 136 Å². The third-order valence-electron chi connectivity index (χ3n) is 4.97. The highest BCUT2D eigenvalue weighted by molar-refractivity contribution is 5.97. The lowest BCUT2D eigenvalue weighted by atomic mass is 9.98. The Kier molecular flexibility index (Phi) is 3.84. The largest absolute Gasteiger partial charge is 0.332 e. The minimum atomic E-state index is -0.427. The molecule has 1 heterocycles. The first kappa shape index (κ1) is 15.5. The Balaban J connectivity index is 2.00. The number of hydrogen-bond donors (Lipinski definition) is 0. The molecule has 0 unspecified atom stereocenters. The molecule has 2 aromatic rings. The van der Waals surface area contributed by atoms with Gasteiger partial charge in [-0.1, -0.05) is 36.4 Å². The van der Waals surface area contributed by atoms with Crippen molar-refractivity contribution in [1.29, 1.82) is 0 Å². The molecule has 0 radical (unpaired) electrons. The number of piperazine rings is 1. The van der Waals surface area contributed by atoms with Crippen LogP contribution in [0.1, 0.15) is 25.0 Å². The van der Waals surface area contributed by atoms with Crippen LogP contribution in [-0.2, 0) is 16.1 Å². The highest BCUT2D eigenvalue weighted by Gasteiger charge is 2.39. The first-order chi connectivity index (χ1) is 10.9. The molecule has 2 aromatic carbocycles. The molecule has 2 amide bonds. The summed E-state index contributed by atoms with van der Waals surface area (Å²) in [5, 5.41) is 2.34. The van der Waals surface area contributed by atoms with E-state index in [2.05, 4.69) is 31.2 Å². The Morgan fingerprint density at radius 2 is 1.57 bits per heavy atom. The Morgan fingerprint density at radius 1 is 0.913 bits per heavy atom. The van der Waals surface area contributed by atoms with Gasteiger partial charge in [0.25, 0.3) is 0 Å². The van der Waals surface area contributed by atoms with Crippen LogP contribution < -0.4 is 0 Å². The summed E-state index contributed by atoms with van der Waals surface area (Å²) < 4.78 is 0. The molecule has 0 bridgehead atoms. The number of nitrogens with zero attached hydrogens (tertiary/aromatic N) is 2. The molecule has 0 N–H and O–H groups in total. The number of aryl methyl sites for hydroxylation is 1. The van der Waals surface area contributed by atoms with E-state index in [-0.39, 0.29) is 11.8 Å². The van der Waals surface area contributed by atoms with Gasteiger partial charge >= 0.3 is 0 Å². The minimum absolute atomic E-state index is 0.00394. The Bertz CT molecular complexity index is 784. The lowest BCUT2D eigenvalue weighted by molar-refractivity contribution is -0.159. The summed E-state index contributed by atoms with van der Waals surface area (Å²) in [6.07, 6.45) is 0. The SMILES string of the molecule is Cc1ccc(CN2C(=O)[C@H](C)N(C)C(=O)[C@@H]2C)c2ccccc12. The summed E-state index contributed by atoms with van der Waals surface area (Å²) in [6, 6.07) is 11.5. The summed E-state index contributed by atoms with van der Waals surface area (Å²) in [4.78, 5) is 28.2. The van der Waals surface area contributed by atoms with Gasteiger partial charge in [-0.3, -0.25) is 9.59 Å². The van der Waals surface area contributed by atoms with Crippen molar-refractivity contribution in [3.8, 4) is 0 Å². The number of likely N-dealkylation sites (N-methyl/N-ethyl adjacent to an activating group) is 1. The van der Waals surface area contributed by atoms with Crippen LogP contribution in [0.3, 0.4) is 0 Å². The van der Waals surface area contributed by atoms with Crippen molar-refractivity contribution >= 4 is 22.6 Å². The molecule has 1 saturated heterocycles. The maximum absolute atomic E-state index is 12.6. The van der Waals surface area contributed by atoms with Crippen molar-refractivity contribution in [2.24, 2.45) is 0 Å². The standard InChI is InChI=1S/C19H22N2O2/c1-12-9-10-15(17-8-6-5-7-16(12)17)11-21-14(3)18(22)20(4)13(2)19(21)23/h5-10,13-14H,11H2,1-4H3/t13-,14-/m0/s1. The van der Waals surface area contributed by atoms with E-state index in [4.69, 9.17) is 0 Å². The topological polar surface area (TPSA) is 40.6 Å². The molecule has 1 fully saturated rings. The molecule has 0 aromatic heterocycles. The third kappa shape index (κ3) is 2.48. The molecule has 2 atom stereocenters. The van der Waals surface area contributed by atoms with E-state index in [1.807, 2.05) is 12.1 Å². The van der Waals surface area contributed by atoms with E-state index >= 15 is 0 Å². The number of amides is 2. The van der Waals surface area contributed by atoms with Crippen molar-refractivity contribution < 1.29 is 9.59 Å². The van der Waals surface area contributed by atoms with E-state index < -0.39 is 12.1 Å². The average Bonchev–Trinajstić information content (AvgIpc) is 2.57. The smallest absolute Gasteiger partial charge is 0.246 e. The van der Waals surface area contributed by atoms with Crippen LogP contribution in [0.2, 0.25) is 0 Å². The third-order valence-corrected chi connectivity index (χ3v) is 4.97. The van der Waals surface area contributed by atoms with Gasteiger partial charge in [-0.05, 0) is 42.7 Å². The molecule has 0 saturated carbocycles. The van der Waals surface area contributed by atoms with Gasteiger partial charge in [-0.2, -0.15) is 0 Å². The molecule has 0 spiro atoms. The van der Waals surface area contributed by atoms with Crippen molar-refractivity contribution in [2.75, 3.05) is 7.05 Å². The number of carbonyl (C=O) groups excluding carboxylic acids is 2. The van der Waals surface area contributed by atoms with Gasteiger partial charge in [0.2, 0.25) is 11.8 Å². The molecule has 1 aliphatic heterocycles. The van der Waals surface area contributed by atoms with Crippen LogP contribution >= 0.6 is 0 Å². The summed E-state index contributed by atoms with van der Waals surface area (Å²) in [6.45, 7) is 6.14. The predicted octanol–water partition coefficient (Wildman–Crippen LogP) is 2.73. The first-order valence-electron chi connectivity index (χ1n) is 7.96. The van der Waals surface area contributed by atoms with E-state index in [1.165, 1.54) is 15.8 Å². The van der Waals surface area contributed by atoms with E-state index in [0.29, 0.717) is 6.54 Å². The second-order valence-electron chi connectivity index (χ2n) is 6.35. The van der Waals surface area contributed by atoms with Crippen LogP contribution in [0.4, 0.5) is 0 Å². The van der Waals surface area contributed by atoms with Gasteiger partial charge in [0, 0.05) is 13.6 Å². The molecule has 120 valence electrons. The van der Waals surface area contributed by atoms with Gasteiger partial charge in [0.05, 0.1) is 0 Å². The molecule has 0 aliphatic carbocycles. The summed E-state index contributed by atoms with van der Waals surface area (Å²) in [7, 11) is 1.69. The van der Waals surface area contributed by atoms with Gasteiger partial charge in [-0.25, -0.2) is 0 Å². The predicted molar refractivity (Wildman–Crippen MR) is 90.9 cm³/mol. The highest BCUT2D eigenvalue weighted by atomic mass is 16.2. The zero-order chi connectivity index (χ0) is 16.7. The maximum atomic E-state index is 12.6. The van der Waals surface area contributed by atoms with Gasteiger partial charge in [-0.15, -0.1) is 0 Å². The number of fused-ring (bicyclic) bond motifs is 1. The first-order valence-corrected chi connectivity index (χ1v) is 7.96. The van der Waals surface area contributed by atoms with Crippen molar-refractivity contribution in [1.82, 2.24) is 9.80 Å². The number of rotatable bonds is 2. The summed E-state index contributed by atoms with van der Waals surface area (Å²) in [5.74, 6) is -0.00206. The average molecular weight is 310 g/mol. The van der Waals surface area contributed by atoms with Crippen molar-refractivity contribution in [2.45, 2.75) is 39.4 Å². The van der Waals surface area contributed by atoms with Crippen LogP contribution in [0.15, 0.2) is 36.4 Å². The molecule has 4 nitrogen and oxygen atoms in total. The lowest BCUT2D eigenvalue weighted by Gasteiger charge is -2.41. The van der Waals surface area contributed by atoms with Crippen LogP contribution in [0.5, 0.6) is 0 Å². The van der Waals surface area contributed by atoms with Gasteiger partial charge < -0.3 is 9.80 Å². The molecule has 23 heavy (non-hydrogen) atoms. The number of carbonyl (C=O) groups is 2. The van der Waals surface area contributed by atoms with Crippen molar-refractivity contribution in [3.05, 3.63) is 47.5 Å².